The SMILES string of the molecule is Cc1ccc(Nc2nn(CN3CCC(NC(=O)c4ccccc4)CC3)c(=S)s2)cc1. The number of hydrogen-bond acceptors (Lipinski definition) is 6. The van der Waals surface area contributed by atoms with Gasteiger partial charge in [-0.15, -0.1) is 5.10 Å². The van der Waals surface area contributed by atoms with Gasteiger partial charge in [0.05, 0.1) is 6.67 Å². The fourth-order valence-corrected chi connectivity index (χ4v) is 4.49. The van der Waals surface area contributed by atoms with Crippen LogP contribution in [0.15, 0.2) is 54.6 Å². The van der Waals surface area contributed by atoms with Crippen molar-refractivity contribution >= 4 is 40.3 Å². The molecule has 1 aliphatic heterocycles. The molecule has 30 heavy (non-hydrogen) atoms. The minimum atomic E-state index is 0.00240. The molecule has 1 saturated heterocycles. The van der Waals surface area contributed by atoms with E-state index in [4.69, 9.17) is 12.2 Å². The number of aromatic nitrogens is 2. The first-order chi connectivity index (χ1) is 14.6. The van der Waals surface area contributed by atoms with Crippen LogP contribution >= 0.6 is 23.6 Å². The minimum Gasteiger partial charge on any atom is -0.349 e. The number of nitrogens with one attached hydrogen (secondary N) is 2. The molecule has 1 fully saturated rings. The van der Waals surface area contributed by atoms with E-state index in [1.54, 1.807) is 0 Å². The highest BCUT2D eigenvalue weighted by Crippen LogP contribution is 2.21. The zero-order chi connectivity index (χ0) is 20.9. The van der Waals surface area contributed by atoms with Gasteiger partial charge in [0.1, 0.15) is 0 Å². The summed E-state index contributed by atoms with van der Waals surface area (Å²) in [4.78, 5) is 14.7. The van der Waals surface area contributed by atoms with Crippen LogP contribution in [0.2, 0.25) is 0 Å². The maximum Gasteiger partial charge on any atom is 0.251 e. The molecule has 6 nitrogen and oxygen atoms in total. The lowest BCUT2D eigenvalue weighted by Gasteiger charge is -2.32. The summed E-state index contributed by atoms with van der Waals surface area (Å²) < 4.78 is 2.63. The van der Waals surface area contributed by atoms with E-state index in [9.17, 15) is 4.79 Å². The first-order valence-electron chi connectivity index (χ1n) is 10.1. The predicted octanol–water partition coefficient (Wildman–Crippen LogP) is 4.58. The Hall–Kier alpha value is -2.55. The van der Waals surface area contributed by atoms with E-state index in [0.29, 0.717) is 12.2 Å². The second kappa shape index (κ2) is 9.51. The fraction of sp³-hybridized carbons (Fsp3) is 0.318. The summed E-state index contributed by atoms with van der Waals surface area (Å²) in [5, 5.41) is 11.9. The Morgan fingerprint density at radius 2 is 1.83 bits per heavy atom. The molecule has 156 valence electrons. The van der Waals surface area contributed by atoms with Crippen LogP contribution in [0.5, 0.6) is 0 Å². The fourth-order valence-electron chi connectivity index (χ4n) is 3.47. The van der Waals surface area contributed by atoms with Crippen LogP contribution in [0.3, 0.4) is 0 Å². The third kappa shape index (κ3) is 5.33. The van der Waals surface area contributed by atoms with Gasteiger partial charge in [0.15, 0.2) is 3.95 Å². The number of nitrogens with zero attached hydrogens (tertiary/aromatic N) is 3. The van der Waals surface area contributed by atoms with Crippen LogP contribution in [0.4, 0.5) is 10.8 Å². The molecular formula is C22H25N5OS2. The second-order valence-corrected chi connectivity index (χ2v) is 9.16. The summed E-state index contributed by atoms with van der Waals surface area (Å²) in [5.41, 5.74) is 2.94. The van der Waals surface area contributed by atoms with Crippen molar-refractivity contribution in [3.05, 3.63) is 69.7 Å². The van der Waals surface area contributed by atoms with Gasteiger partial charge < -0.3 is 10.6 Å². The average Bonchev–Trinajstić information content (AvgIpc) is 3.10. The van der Waals surface area contributed by atoms with Crippen LogP contribution in [0, 0.1) is 10.9 Å². The number of amides is 1. The molecule has 0 aliphatic carbocycles. The van der Waals surface area contributed by atoms with E-state index in [1.807, 2.05) is 47.1 Å². The summed E-state index contributed by atoms with van der Waals surface area (Å²) in [6.07, 6.45) is 1.84. The van der Waals surface area contributed by atoms with Gasteiger partial charge in [-0.1, -0.05) is 47.2 Å². The summed E-state index contributed by atoms with van der Waals surface area (Å²) in [7, 11) is 0. The summed E-state index contributed by atoms with van der Waals surface area (Å²) in [6.45, 7) is 4.54. The van der Waals surface area contributed by atoms with Gasteiger partial charge in [0, 0.05) is 30.4 Å². The quantitative estimate of drug-likeness (QED) is 0.551. The molecule has 0 spiro atoms. The second-order valence-electron chi connectivity index (χ2n) is 7.54. The summed E-state index contributed by atoms with van der Waals surface area (Å²) >= 11 is 6.99. The Morgan fingerprint density at radius 1 is 1.13 bits per heavy atom. The third-order valence-corrected chi connectivity index (χ3v) is 6.43. The van der Waals surface area contributed by atoms with Crippen LogP contribution in [-0.4, -0.2) is 39.7 Å². The molecule has 0 saturated carbocycles. The van der Waals surface area contributed by atoms with Crippen molar-refractivity contribution in [1.29, 1.82) is 0 Å². The molecule has 3 aromatic rings. The molecule has 8 heteroatoms. The van der Waals surface area contributed by atoms with Gasteiger partial charge in [0.25, 0.3) is 5.91 Å². The van der Waals surface area contributed by atoms with Crippen molar-refractivity contribution in [2.75, 3.05) is 18.4 Å². The number of carbonyl (C=O) groups excluding carboxylic acids is 1. The molecule has 4 rings (SSSR count). The van der Waals surface area contributed by atoms with E-state index >= 15 is 0 Å². The highest BCUT2D eigenvalue weighted by atomic mass is 32.1. The van der Waals surface area contributed by atoms with E-state index in [1.165, 1.54) is 16.9 Å². The van der Waals surface area contributed by atoms with Crippen LogP contribution in [-0.2, 0) is 6.67 Å². The van der Waals surface area contributed by atoms with Crippen molar-refractivity contribution in [2.24, 2.45) is 0 Å². The molecule has 1 aliphatic rings. The maximum atomic E-state index is 12.3. The molecule has 0 radical (unpaired) electrons. The lowest BCUT2D eigenvalue weighted by Crippen LogP contribution is -2.45. The molecule has 2 N–H and O–H groups in total. The highest BCUT2D eigenvalue weighted by molar-refractivity contribution is 7.73. The number of anilines is 2. The minimum absolute atomic E-state index is 0.00240. The van der Waals surface area contributed by atoms with E-state index in [-0.39, 0.29) is 11.9 Å². The molecule has 0 bridgehead atoms. The van der Waals surface area contributed by atoms with Crippen molar-refractivity contribution in [1.82, 2.24) is 20.0 Å². The number of hydrogen-bond donors (Lipinski definition) is 2. The van der Waals surface area contributed by atoms with Crippen LogP contribution in [0.1, 0.15) is 28.8 Å². The monoisotopic (exact) mass is 439 g/mol. The van der Waals surface area contributed by atoms with Crippen molar-refractivity contribution in [3.63, 3.8) is 0 Å². The first-order valence-corrected chi connectivity index (χ1v) is 11.3. The zero-order valence-electron chi connectivity index (χ0n) is 16.9. The van der Waals surface area contributed by atoms with Crippen molar-refractivity contribution in [3.8, 4) is 0 Å². The molecule has 2 heterocycles. The molecule has 1 aromatic heterocycles. The highest BCUT2D eigenvalue weighted by Gasteiger charge is 2.21. The molecular weight excluding hydrogens is 414 g/mol. The third-order valence-electron chi connectivity index (χ3n) is 5.20. The molecule has 0 unspecified atom stereocenters. The van der Waals surface area contributed by atoms with Crippen molar-refractivity contribution in [2.45, 2.75) is 32.5 Å². The van der Waals surface area contributed by atoms with E-state index < -0.39 is 0 Å². The maximum absolute atomic E-state index is 12.3. The Labute approximate surface area is 185 Å². The number of benzene rings is 2. The van der Waals surface area contributed by atoms with Gasteiger partial charge in [-0.25, -0.2) is 4.68 Å². The average molecular weight is 440 g/mol. The normalized spacial score (nSPS) is 15.1. The number of likely N-dealkylation sites (tertiary alicyclic amines) is 1. The van der Waals surface area contributed by atoms with Gasteiger partial charge in [-0.2, -0.15) is 0 Å². The smallest absolute Gasteiger partial charge is 0.251 e. The largest absolute Gasteiger partial charge is 0.349 e. The van der Waals surface area contributed by atoms with Gasteiger partial charge in [-0.3, -0.25) is 9.69 Å². The van der Waals surface area contributed by atoms with Crippen LogP contribution < -0.4 is 10.6 Å². The Balaban J connectivity index is 1.29. The van der Waals surface area contributed by atoms with Crippen LogP contribution in [0.25, 0.3) is 0 Å². The van der Waals surface area contributed by atoms with Gasteiger partial charge in [-0.05, 0) is 56.2 Å². The zero-order valence-corrected chi connectivity index (χ0v) is 18.5. The standard InChI is InChI=1S/C22H25N5OS2/c1-16-7-9-18(10-8-16)24-21-25-27(22(29)30-21)15-26-13-11-19(12-14-26)23-20(28)17-5-3-2-4-6-17/h2-10,19H,11-15H2,1H3,(H,23,28)(H,24,25). The molecule has 1 amide bonds. The predicted molar refractivity (Wildman–Crippen MR) is 124 cm³/mol. The first kappa shape index (κ1) is 20.7. The van der Waals surface area contributed by atoms with Gasteiger partial charge >= 0.3 is 0 Å². The van der Waals surface area contributed by atoms with Gasteiger partial charge in [0.2, 0.25) is 5.13 Å². The summed E-state index contributed by atoms with van der Waals surface area (Å²) in [6, 6.07) is 17.8. The van der Waals surface area contributed by atoms with E-state index in [0.717, 1.165) is 40.7 Å². The number of carbonyl (C=O) groups is 1. The lowest BCUT2D eigenvalue weighted by atomic mass is 10.0. The Kier molecular flexibility index (Phi) is 6.56. The van der Waals surface area contributed by atoms with E-state index in [2.05, 4.69) is 39.7 Å². The number of piperidine rings is 1. The summed E-state index contributed by atoms with van der Waals surface area (Å²) in [5.74, 6) is 0.00240. The van der Waals surface area contributed by atoms with Crippen molar-refractivity contribution < 1.29 is 4.79 Å². The molecule has 0 atom stereocenters. The lowest BCUT2D eigenvalue weighted by molar-refractivity contribution is 0.0896. The number of rotatable bonds is 6. The topological polar surface area (TPSA) is 62.2 Å². The molecule has 2 aromatic carbocycles. The number of aryl methyl sites for hydroxylation is 1. The Morgan fingerprint density at radius 3 is 2.53 bits per heavy atom. The Bertz CT molecular complexity index is 1040.